The summed E-state index contributed by atoms with van der Waals surface area (Å²) in [6.45, 7) is 1.85. The third-order valence-corrected chi connectivity index (χ3v) is 3.99. The molecule has 0 saturated carbocycles. The topological polar surface area (TPSA) is 46.9 Å². The Bertz CT molecular complexity index is 729. The molecule has 0 spiro atoms. The van der Waals surface area contributed by atoms with E-state index in [0.29, 0.717) is 0 Å². The SMILES string of the molecule is Cc1nn(CCC(=O)Nc2c(F)c(F)c(F)c(F)c2F)cc1I. The second-order valence-corrected chi connectivity index (χ2v) is 5.73. The maximum atomic E-state index is 13.4. The second kappa shape index (κ2) is 6.81. The van der Waals surface area contributed by atoms with Gasteiger partial charge in [0, 0.05) is 19.2 Å². The van der Waals surface area contributed by atoms with Crippen LogP contribution >= 0.6 is 22.6 Å². The van der Waals surface area contributed by atoms with Crippen molar-refractivity contribution >= 4 is 34.2 Å². The van der Waals surface area contributed by atoms with Crippen molar-refractivity contribution in [1.82, 2.24) is 9.78 Å². The summed E-state index contributed by atoms with van der Waals surface area (Å²) < 4.78 is 68.1. The van der Waals surface area contributed by atoms with Crippen molar-refractivity contribution in [2.24, 2.45) is 0 Å². The first-order chi connectivity index (χ1) is 10.7. The predicted octanol–water partition coefficient (Wildman–Crippen LogP) is 3.52. The third-order valence-electron chi connectivity index (χ3n) is 2.93. The van der Waals surface area contributed by atoms with Gasteiger partial charge in [-0.3, -0.25) is 9.48 Å². The Labute approximate surface area is 140 Å². The first-order valence-electron chi connectivity index (χ1n) is 6.23. The van der Waals surface area contributed by atoms with Crippen LogP contribution in [0.15, 0.2) is 6.20 Å². The van der Waals surface area contributed by atoms with E-state index < -0.39 is 40.7 Å². The molecule has 23 heavy (non-hydrogen) atoms. The van der Waals surface area contributed by atoms with Gasteiger partial charge in [-0.15, -0.1) is 0 Å². The quantitative estimate of drug-likeness (QED) is 0.339. The van der Waals surface area contributed by atoms with Crippen molar-refractivity contribution in [3.63, 3.8) is 0 Å². The number of amides is 1. The zero-order chi connectivity index (χ0) is 17.3. The second-order valence-electron chi connectivity index (χ2n) is 4.57. The molecule has 1 amide bonds. The van der Waals surface area contributed by atoms with Crippen molar-refractivity contribution in [3.05, 3.63) is 44.5 Å². The molecule has 1 aromatic heterocycles. The number of carbonyl (C=O) groups is 1. The summed E-state index contributed by atoms with van der Waals surface area (Å²) in [6.07, 6.45) is 1.40. The summed E-state index contributed by atoms with van der Waals surface area (Å²) in [5, 5.41) is 5.78. The highest BCUT2D eigenvalue weighted by molar-refractivity contribution is 14.1. The van der Waals surface area contributed by atoms with Crippen LogP contribution in [0, 0.1) is 39.6 Å². The first-order valence-corrected chi connectivity index (χ1v) is 7.31. The van der Waals surface area contributed by atoms with Crippen molar-refractivity contribution < 1.29 is 26.7 Å². The number of aromatic nitrogens is 2. The Balaban J connectivity index is 2.11. The molecule has 2 aromatic rings. The van der Waals surface area contributed by atoms with Crippen LogP contribution in [-0.2, 0) is 11.3 Å². The van der Waals surface area contributed by atoms with Gasteiger partial charge in [-0.2, -0.15) is 5.10 Å². The van der Waals surface area contributed by atoms with E-state index >= 15 is 0 Å². The third kappa shape index (κ3) is 3.62. The minimum atomic E-state index is -2.28. The fourth-order valence-corrected chi connectivity index (χ4v) is 2.17. The molecule has 4 nitrogen and oxygen atoms in total. The van der Waals surface area contributed by atoms with E-state index in [1.54, 1.807) is 18.4 Å². The highest BCUT2D eigenvalue weighted by atomic mass is 127. The number of hydrogen-bond donors (Lipinski definition) is 1. The van der Waals surface area contributed by atoms with Gasteiger partial charge in [-0.25, -0.2) is 22.0 Å². The molecule has 0 aliphatic rings. The number of benzene rings is 1. The number of nitrogens with one attached hydrogen (secondary N) is 1. The maximum Gasteiger partial charge on any atom is 0.226 e. The van der Waals surface area contributed by atoms with Gasteiger partial charge in [0.15, 0.2) is 23.3 Å². The van der Waals surface area contributed by atoms with Crippen LogP contribution < -0.4 is 5.32 Å². The van der Waals surface area contributed by atoms with E-state index in [4.69, 9.17) is 0 Å². The maximum absolute atomic E-state index is 13.4. The number of anilines is 1. The molecule has 0 fully saturated rings. The number of rotatable bonds is 4. The Morgan fingerprint density at radius 3 is 2.13 bits per heavy atom. The van der Waals surface area contributed by atoms with Crippen molar-refractivity contribution in [2.75, 3.05) is 5.32 Å². The molecule has 1 aromatic carbocycles. The lowest BCUT2D eigenvalue weighted by Crippen LogP contribution is -2.18. The molecule has 0 atom stereocenters. The molecular weight excluding hydrogens is 436 g/mol. The van der Waals surface area contributed by atoms with Gasteiger partial charge < -0.3 is 5.32 Å². The summed E-state index contributed by atoms with van der Waals surface area (Å²) in [6, 6.07) is 0. The minimum Gasteiger partial charge on any atom is -0.321 e. The van der Waals surface area contributed by atoms with Crippen LogP contribution in [0.1, 0.15) is 12.1 Å². The summed E-state index contributed by atoms with van der Waals surface area (Å²) in [5.74, 6) is -11.6. The standard InChI is InChI=1S/C13H9F5IN3O/c1-5-6(19)4-22(21-5)3-2-7(23)20-13-11(17)9(15)8(14)10(16)12(13)18/h4H,2-3H2,1H3,(H,20,23). The molecule has 0 aliphatic carbocycles. The van der Waals surface area contributed by atoms with Crippen molar-refractivity contribution in [3.8, 4) is 0 Å². The van der Waals surface area contributed by atoms with Crippen LogP contribution in [0.3, 0.4) is 0 Å². The van der Waals surface area contributed by atoms with Crippen molar-refractivity contribution in [2.45, 2.75) is 19.9 Å². The molecule has 124 valence electrons. The lowest BCUT2D eigenvalue weighted by atomic mass is 10.2. The lowest BCUT2D eigenvalue weighted by Gasteiger charge is -2.09. The van der Waals surface area contributed by atoms with Crippen LogP contribution in [0.4, 0.5) is 27.6 Å². The summed E-state index contributed by atoms with van der Waals surface area (Å²) in [5.41, 5.74) is -0.622. The van der Waals surface area contributed by atoms with E-state index in [1.165, 1.54) is 4.68 Å². The monoisotopic (exact) mass is 445 g/mol. The van der Waals surface area contributed by atoms with Gasteiger partial charge in [0.2, 0.25) is 11.7 Å². The Morgan fingerprint density at radius 1 is 1.13 bits per heavy atom. The van der Waals surface area contributed by atoms with Crippen LogP contribution in [-0.4, -0.2) is 15.7 Å². The number of aryl methyl sites for hydroxylation is 2. The first kappa shape index (κ1) is 17.6. The molecule has 0 aliphatic heterocycles. The largest absolute Gasteiger partial charge is 0.321 e. The van der Waals surface area contributed by atoms with Gasteiger partial charge in [0.1, 0.15) is 5.69 Å². The van der Waals surface area contributed by atoms with Crippen LogP contribution in [0.5, 0.6) is 0 Å². The van der Waals surface area contributed by atoms with Gasteiger partial charge in [0.05, 0.1) is 9.26 Å². The molecule has 0 saturated heterocycles. The number of nitrogens with zero attached hydrogens (tertiary/aromatic N) is 2. The van der Waals surface area contributed by atoms with Gasteiger partial charge in [-0.1, -0.05) is 0 Å². The Morgan fingerprint density at radius 2 is 1.65 bits per heavy atom. The van der Waals surface area contributed by atoms with Gasteiger partial charge >= 0.3 is 0 Å². The predicted molar refractivity (Wildman–Crippen MR) is 79.2 cm³/mol. The average molecular weight is 445 g/mol. The van der Waals surface area contributed by atoms with Gasteiger partial charge in [0.25, 0.3) is 0 Å². The van der Waals surface area contributed by atoms with Crippen LogP contribution in [0.25, 0.3) is 0 Å². The molecule has 0 unspecified atom stereocenters. The highest BCUT2D eigenvalue weighted by Gasteiger charge is 2.26. The van der Waals surface area contributed by atoms with E-state index in [-0.39, 0.29) is 13.0 Å². The van der Waals surface area contributed by atoms with E-state index in [1.807, 2.05) is 22.6 Å². The molecule has 2 rings (SSSR count). The Kier molecular flexibility index (Phi) is 5.22. The highest BCUT2D eigenvalue weighted by Crippen LogP contribution is 2.27. The number of halogens is 6. The average Bonchev–Trinajstić information content (AvgIpc) is 2.84. The Hall–Kier alpha value is -1.72. The van der Waals surface area contributed by atoms with E-state index in [2.05, 4.69) is 5.10 Å². The fourth-order valence-electron chi connectivity index (χ4n) is 1.74. The van der Waals surface area contributed by atoms with Crippen molar-refractivity contribution in [1.29, 1.82) is 0 Å². The molecule has 0 bridgehead atoms. The molecule has 0 radical (unpaired) electrons. The molecular formula is C13H9F5IN3O. The normalized spacial score (nSPS) is 10.9. The molecule has 1 heterocycles. The van der Waals surface area contributed by atoms with E-state index in [9.17, 15) is 26.7 Å². The number of hydrogen-bond acceptors (Lipinski definition) is 2. The minimum absolute atomic E-state index is 0.0884. The lowest BCUT2D eigenvalue weighted by molar-refractivity contribution is -0.116. The van der Waals surface area contributed by atoms with E-state index in [0.717, 1.165) is 9.26 Å². The zero-order valence-corrected chi connectivity index (χ0v) is 13.7. The summed E-state index contributed by atoms with van der Waals surface area (Å²) in [4.78, 5) is 11.7. The van der Waals surface area contributed by atoms with Crippen LogP contribution in [0.2, 0.25) is 0 Å². The van der Waals surface area contributed by atoms with Gasteiger partial charge in [-0.05, 0) is 29.5 Å². The summed E-state index contributed by atoms with van der Waals surface area (Å²) in [7, 11) is 0. The number of carbonyl (C=O) groups excluding carboxylic acids is 1. The zero-order valence-electron chi connectivity index (χ0n) is 11.6. The smallest absolute Gasteiger partial charge is 0.226 e. The molecule has 1 N–H and O–H groups in total. The summed E-state index contributed by atoms with van der Waals surface area (Å²) >= 11 is 2.04. The fraction of sp³-hybridized carbons (Fsp3) is 0.231. The molecule has 10 heteroatoms.